The molecule has 0 N–H and O–H groups in total. The van der Waals surface area contributed by atoms with Gasteiger partial charge in [-0.05, 0) is 111 Å². The summed E-state index contributed by atoms with van der Waals surface area (Å²) < 4.78 is 13.7. The van der Waals surface area contributed by atoms with Crippen molar-refractivity contribution in [3.63, 3.8) is 0 Å². The maximum atomic E-state index is 6.80. The van der Waals surface area contributed by atoms with Gasteiger partial charge in [-0.2, -0.15) is 9.13 Å². The van der Waals surface area contributed by atoms with Crippen LogP contribution in [-0.4, -0.2) is 14.1 Å². The van der Waals surface area contributed by atoms with Crippen molar-refractivity contribution in [2.45, 2.75) is 52.4 Å². The van der Waals surface area contributed by atoms with Crippen molar-refractivity contribution in [2.24, 2.45) is 0 Å². The van der Waals surface area contributed by atoms with Gasteiger partial charge in [0.25, 0.3) is 6.33 Å². The lowest BCUT2D eigenvalue weighted by Gasteiger charge is -2.20. The van der Waals surface area contributed by atoms with Gasteiger partial charge in [-0.3, -0.25) is 4.57 Å². The quantitative estimate of drug-likeness (QED) is 0.151. The van der Waals surface area contributed by atoms with Crippen LogP contribution in [0.15, 0.2) is 188 Å². The van der Waals surface area contributed by atoms with E-state index >= 15 is 0 Å². The number of nitrogens with zero attached hydrogens (tertiary/aromatic N) is 4. The van der Waals surface area contributed by atoms with Crippen molar-refractivity contribution < 1.29 is 9.30 Å². The third-order valence-corrected chi connectivity index (χ3v) is 11.8. The molecule has 3 heterocycles. The normalized spacial score (nSPS) is 12.1. The van der Waals surface area contributed by atoms with E-state index in [1.54, 1.807) is 0 Å². The van der Waals surface area contributed by atoms with Gasteiger partial charge in [0.1, 0.15) is 28.7 Å². The first-order chi connectivity index (χ1) is 29.5. The molecule has 0 spiro atoms. The molecule has 0 saturated carbocycles. The molecule has 0 aliphatic heterocycles. The topological polar surface area (TPSA) is 35.9 Å². The SMILES string of the molecule is CC(C)(C)c1cccc(-[n+]2cn(-c3cccc(Oc4ccc5c6cc(-c7ccccc7)ccc6n(-c6cc(C(C)(C)C)ccn6)c5c4)c3)c3cccc(-c4ccccc4)c32)c1. The van der Waals surface area contributed by atoms with Crippen LogP contribution < -0.4 is 9.30 Å². The number of hydrogen-bond donors (Lipinski definition) is 0. The van der Waals surface area contributed by atoms with Gasteiger partial charge in [-0.25, -0.2) is 4.98 Å². The summed E-state index contributed by atoms with van der Waals surface area (Å²) in [6.45, 7) is 13.5. The number of benzene rings is 7. The predicted molar refractivity (Wildman–Crippen MR) is 252 cm³/mol. The Kier molecular flexibility index (Phi) is 9.21. The Bertz CT molecular complexity index is 3230. The number of ether oxygens (including phenoxy) is 1. The fourth-order valence-electron chi connectivity index (χ4n) is 8.55. The molecular formula is C56H49N4O+. The number of hydrogen-bond acceptors (Lipinski definition) is 2. The summed E-state index contributed by atoms with van der Waals surface area (Å²) in [5.41, 5.74) is 13.7. The van der Waals surface area contributed by atoms with E-state index in [9.17, 15) is 0 Å². The minimum atomic E-state index is -0.0277. The molecule has 0 fully saturated rings. The van der Waals surface area contributed by atoms with Crippen LogP contribution in [0, 0.1) is 0 Å². The Morgan fingerprint density at radius 2 is 1.20 bits per heavy atom. The summed E-state index contributed by atoms with van der Waals surface area (Å²) in [6.07, 6.45) is 4.14. The Morgan fingerprint density at radius 1 is 0.492 bits per heavy atom. The molecule has 0 amide bonds. The number of para-hydroxylation sites is 1. The van der Waals surface area contributed by atoms with E-state index in [2.05, 4.69) is 231 Å². The summed E-state index contributed by atoms with van der Waals surface area (Å²) in [6, 6.07) is 62.6. The van der Waals surface area contributed by atoms with Gasteiger partial charge in [-0.15, -0.1) is 0 Å². The molecule has 0 bridgehead atoms. The van der Waals surface area contributed by atoms with Crippen LogP contribution in [0.5, 0.6) is 11.5 Å². The van der Waals surface area contributed by atoms with Crippen LogP contribution >= 0.6 is 0 Å². The van der Waals surface area contributed by atoms with Gasteiger partial charge in [-0.1, -0.05) is 133 Å². The maximum absolute atomic E-state index is 6.80. The number of pyridine rings is 1. The molecule has 61 heavy (non-hydrogen) atoms. The Hall–Kier alpha value is -7.24. The van der Waals surface area contributed by atoms with Crippen molar-refractivity contribution in [2.75, 3.05) is 0 Å². The van der Waals surface area contributed by atoms with E-state index < -0.39 is 0 Å². The average Bonchev–Trinajstić information content (AvgIpc) is 3.83. The summed E-state index contributed by atoms with van der Waals surface area (Å²) >= 11 is 0. The van der Waals surface area contributed by atoms with Crippen LogP contribution in [0.4, 0.5) is 0 Å². The standard InChI is InChI=1S/C56H49N4O/c1-55(2,3)41-20-13-21-43(33-41)59-37-58(51-25-15-24-47(54(51)59)39-18-11-8-12-19-39)44-22-14-23-45(35-44)61-46-27-28-48-49-32-40(38-16-9-7-10-17-38)26-29-50(49)60(52(48)36-46)53-34-42(30-31-57-53)56(4,5)6/h7-37H,1-6H3/q+1. The Morgan fingerprint density at radius 3 is 1.97 bits per heavy atom. The molecule has 0 radical (unpaired) electrons. The van der Waals surface area contributed by atoms with Crippen molar-refractivity contribution in [1.29, 1.82) is 0 Å². The summed E-state index contributed by atoms with van der Waals surface area (Å²) in [5, 5.41) is 2.31. The molecule has 0 atom stereocenters. The molecule has 10 rings (SSSR count). The van der Waals surface area contributed by atoms with Crippen molar-refractivity contribution >= 4 is 32.8 Å². The zero-order chi connectivity index (χ0) is 41.9. The number of fused-ring (bicyclic) bond motifs is 4. The first kappa shape index (κ1) is 38.0. The van der Waals surface area contributed by atoms with Gasteiger partial charge >= 0.3 is 0 Å². The minimum Gasteiger partial charge on any atom is -0.457 e. The van der Waals surface area contributed by atoms with Crippen LogP contribution in [0.3, 0.4) is 0 Å². The maximum Gasteiger partial charge on any atom is 0.255 e. The number of imidazole rings is 1. The van der Waals surface area contributed by atoms with E-state index in [1.807, 2.05) is 12.3 Å². The molecule has 7 aromatic carbocycles. The zero-order valence-corrected chi connectivity index (χ0v) is 35.6. The summed E-state index contributed by atoms with van der Waals surface area (Å²) in [4.78, 5) is 4.94. The first-order valence-electron chi connectivity index (χ1n) is 21.1. The van der Waals surface area contributed by atoms with Crippen molar-refractivity contribution in [3.8, 4) is 50.9 Å². The molecule has 0 aliphatic rings. The molecule has 0 saturated heterocycles. The second kappa shape index (κ2) is 14.8. The second-order valence-corrected chi connectivity index (χ2v) is 18.1. The highest BCUT2D eigenvalue weighted by Crippen LogP contribution is 2.38. The van der Waals surface area contributed by atoms with Gasteiger partial charge in [0, 0.05) is 34.7 Å². The van der Waals surface area contributed by atoms with Crippen molar-refractivity contribution in [3.05, 3.63) is 200 Å². The highest BCUT2D eigenvalue weighted by Gasteiger charge is 2.25. The van der Waals surface area contributed by atoms with Gasteiger partial charge < -0.3 is 4.74 Å². The lowest BCUT2D eigenvalue weighted by atomic mass is 9.87. The number of aromatic nitrogens is 4. The van der Waals surface area contributed by atoms with Gasteiger partial charge in [0.05, 0.1) is 11.0 Å². The third kappa shape index (κ3) is 7.06. The lowest BCUT2D eigenvalue weighted by Crippen LogP contribution is -2.30. The summed E-state index contributed by atoms with van der Waals surface area (Å²) in [7, 11) is 0. The van der Waals surface area contributed by atoms with Crippen molar-refractivity contribution in [1.82, 2.24) is 14.1 Å². The zero-order valence-electron chi connectivity index (χ0n) is 35.6. The van der Waals surface area contributed by atoms with Crippen LogP contribution in [0.25, 0.3) is 72.3 Å². The Labute approximate surface area is 357 Å². The predicted octanol–water partition coefficient (Wildman–Crippen LogP) is 14.1. The van der Waals surface area contributed by atoms with Crippen LogP contribution in [0.1, 0.15) is 52.7 Å². The van der Waals surface area contributed by atoms with Crippen LogP contribution in [-0.2, 0) is 10.8 Å². The monoisotopic (exact) mass is 793 g/mol. The fraction of sp³-hybridized carbons (Fsp3) is 0.143. The van der Waals surface area contributed by atoms with E-state index in [1.165, 1.54) is 38.8 Å². The van der Waals surface area contributed by atoms with Crippen LogP contribution in [0.2, 0.25) is 0 Å². The minimum absolute atomic E-state index is 0.0122. The fourth-order valence-corrected chi connectivity index (χ4v) is 8.55. The van der Waals surface area contributed by atoms with Gasteiger partial charge in [0.15, 0.2) is 11.0 Å². The average molecular weight is 794 g/mol. The smallest absolute Gasteiger partial charge is 0.255 e. The molecule has 3 aromatic heterocycles. The molecule has 0 unspecified atom stereocenters. The molecule has 298 valence electrons. The highest BCUT2D eigenvalue weighted by atomic mass is 16.5. The molecule has 10 aromatic rings. The number of rotatable bonds is 7. The van der Waals surface area contributed by atoms with E-state index in [4.69, 9.17) is 9.72 Å². The largest absolute Gasteiger partial charge is 0.457 e. The van der Waals surface area contributed by atoms with E-state index in [0.717, 1.165) is 56.1 Å². The van der Waals surface area contributed by atoms with Gasteiger partial charge in [0.2, 0.25) is 0 Å². The molecule has 5 heteroatoms. The highest BCUT2D eigenvalue weighted by molar-refractivity contribution is 6.10. The lowest BCUT2D eigenvalue weighted by molar-refractivity contribution is -0.567. The molecule has 5 nitrogen and oxygen atoms in total. The first-order valence-corrected chi connectivity index (χ1v) is 21.1. The third-order valence-electron chi connectivity index (χ3n) is 11.8. The Balaban J connectivity index is 1.09. The second-order valence-electron chi connectivity index (χ2n) is 18.1. The van der Waals surface area contributed by atoms with E-state index in [-0.39, 0.29) is 10.8 Å². The molecular weight excluding hydrogens is 745 g/mol. The van der Waals surface area contributed by atoms with E-state index in [0.29, 0.717) is 0 Å². The summed E-state index contributed by atoms with van der Waals surface area (Å²) in [5.74, 6) is 2.39. The molecule has 0 aliphatic carbocycles.